The Morgan fingerprint density at radius 3 is 2.85 bits per heavy atom. The summed E-state index contributed by atoms with van der Waals surface area (Å²) in [6.45, 7) is 3.06. The van der Waals surface area contributed by atoms with Gasteiger partial charge in [-0.1, -0.05) is 30.0 Å². The number of thiocarbonyl (C=S) groups is 1. The predicted molar refractivity (Wildman–Crippen MR) is 84.6 cm³/mol. The van der Waals surface area contributed by atoms with Gasteiger partial charge in [0.05, 0.1) is 18.6 Å². The number of carbonyl (C=O) groups excluding carboxylic acids is 1. The molecule has 1 amide bonds. The quantitative estimate of drug-likeness (QED) is 0.669. The van der Waals surface area contributed by atoms with Crippen LogP contribution in [0.15, 0.2) is 23.1 Å². The minimum atomic E-state index is -0.151. The standard InChI is InChI=1S/C14H15NO3S2/c1-3-18-8-10-6-9(4-5-11(10)17-2)7-12-13(16)15-14(19)20-12/h4-7H,3,8H2,1-2H3,(H,15,16,19). The van der Waals surface area contributed by atoms with Gasteiger partial charge in [-0.3, -0.25) is 4.79 Å². The molecule has 1 saturated heterocycles. The molecule has 1 aliphatic heterocycles. The van der Waals surface area contributed by atoms with Gasteiger partial charge in [-0.25, -0.2) is 0 Å². The summed E-state index contributed by atoms with van der Waals surface area (Å²) in [6, 6.07) is 5.73. The van der Waals surface area contributed by atoms with Crippen molar-refractivity contribution >= 4 is 40.3 Å². The maximum Gasteiger partial charge on any atom is 0.263 e. The molecule has 1 N–H and O–H groups in total. The summed E-state index contributed by atoms with van der Waals surface area (Å²) in [5, 5.41) is 2.60. The van der Waals surface area contributed by atoms with Crippen molar-refractivity contribution in [1.29, 1.82) is 0 Å². The lowest BCUT2D eigenvalue weighted by molar-refractivity contribution is -0.115. The van der Waals surface area contributed by atoms with Gasteiger partial charge in [0.1, 0.15) is 10.1 Å². The molecular formula is C14H15NO3S2. The molecule has 4 nitrogen and oxygen atoms in total. The van der Waals surface area contributed by atoms with Gasteiger partial charge in [-0.15, -0.1) is 0 Å². The highest BCUT2D eigenvalue weighted by atomic mass is 32.2. The molecule has 0 saturated carbocycles. The van der Waals surface area contributed by atoms with Crippen molar-refractivity contribution in [1.82, 2.24) is 5.32 Å². The van der Waals surface area contributed by atoms with Crippen molar-refractivity contribution in [2.45, 2.75) is 13.5 Å². The van der Waals surface area contributed by atoms with Gasteiger partial charge < -0.3 is 14.8 Å². The summed E-state index contributed by atoms with van der Waals surface area (Å²) in [7, 11) is 1.63. The fourth-order valence-electron chi connectivity index (χ4n) is 1.79. The average Bonchev–Trinajstić information content (AvgIpc) is 2.75. The Bertz CT molecular complexity index is 570. The number of carbonyl (C=O) groups is 1. The molecule has 0 aliphatic carbocycles. The smallest absolute Gasteiger partial charge is 0.263 e. The summed E-state index contributed by atoms with van der Waals surface area (Å²) in [5.74, 6) is 0.627. The molecule has 0 aromatic heterocycles. The van der Waals surface area contributed by atoms with E-state index in [9.17, 15) is 4.79 Å². The van der Waals surface area contributed by atoms with E-state index in [0.717, 1.165) is 16.9 Å². The maximum atomic E-state index is 11.6. The van der Waals surface area contributed by atoms with Crippen LogP contribution in [-0.4, -0.2) is 23.9 Å². The average molecular weight is 309 g/mol. The second-order valence-electron chi connectivity index (χ2n) is 4.06. The van der Waals surface area contributed by atoms with Crippen LogP contribution in [0.1, 0.15) is 18.1 Å². The summed E-state index contributed by atoms with van der Waals surface area (Å²) in [4.78, 5) is 12.2. The van der Waals surface area contributed by atoms with Crippen LogP contribution in [-0.2, 0) is 16.1 Å². The van der Waals surface area contributed by atoms with Gasteiger partial charge in [-0.05, 0) is 30.7 Å². The number of thioether (sulfide) groups is 1. The van der Waals surface area contributed by atoms with E-state index in [-0.39, 0.29) is 5.91 Å². The number of benzene rings is 1. The van der Waals surface area contributed by atoms with E-state index in [1.54, 1.807) is 7.11 Å². The molecule has 2 rings (SSSR count). The molecule has 1 aromatic rings. The third-order valence-electron chi connectivity index (χ3n) is 2.71. The number of ether oxygens (including phenoxy) is 2. The molecule has 0 atom stereocenters. The Balaban J connectivity index is 2.26. The first kappa shape index (κ1) is 15.0. The number of hydrogen-bond donors (Lipinski definition) is 1. The van der Waals surface area contributed by atoms with E-state index in [2.05, 4.69) is 5.32 Å². The molecule has 0 bridgehead atoms. The van der Waals surface area contributed by atoms with E-state index >= 15 is 0 Å². The highest BCUT2D eigenvalue weighted by Gasteiger charge is 2.22. The van der Waals surface area contributed by atoms with Crippen molar-refractivity contribution < 1.29 is 14.3 Å². The summed E-state index contributed by atoms with van der Waals surface area (Å²) in [6.07, 6.45) is 1.81. The highest BCUT2D eigenvalue weighted by molar-refractivity contribution is 8.26. The van der Waals surface area contributed by atoms with Crippen molar-refractivity contribution in [2.24, 2.45) is 0 Å². The van der Waals surface area contributed by atoms with Crippen LogP contribution in [0.25, 0.3) is 6.08 Å². The molecule has 106 valence electrons. The molecule has 1 fully saturated rings. The first-order valence-corrected chi connectivity index (χ1v) is 7.36. The lowest BCUT2D eigenvalue weighted by atomic mass is 10.1. The SMILES string of the molecule is CCOCc1cc(C=C2SC(=S)NC2=O)ccc1OC. The van der Waals surface area contributed by atoms with Crippen LogP contribution in [0.2, 0.25) is 0 Å². The zero-order valence-corrected chi connectivity index (χ0v) is 12.9. The van der Waals surface area contributed by atoms with E-state index in [1.165, 1.54) is 11.8 Å². The van der Waals surface area contributed by atoms with Crippen LogP contribution >= 0.6 is 24.0 Å². The Morgan fingerprint density at radius 2 is 2.25 bits per heavy atom. The van der Waals surface area contributed by atoms with Crippen LogP contribution in [0, 0.1) is 0 Å². The summed E-state index contributed by atoms with van der Waals surface area (Å²) < 4.78 is 11.2. The second-order valence-corrected chi connectivity index (χ2v) is 5.78. The monoisotopic (exact) mass is 309 g/mol. The van der Waals surface area contributed by atoms with Crippen LogP contribution in [0.4, 0.5) is 0 Å². The highest BCUT2D eigenvalue weighted by Crippen LogP contribution is 2.28. The Kier molecular flexibility index (Phi) is 5.17. The van der Waals surface area contributed by atoms with Gasteiger partial charge in [0.2, 0.25) is 0 Å². The zero-order chi connectivity index (χ0) is 14.5. The lowest BCUT2D eigenvalue weighted by Gasteiger charge is -2.09. The van der Waals surface area contributed by atoms with Crippen LogP contribution in [0.3, 0.4) is 0 Å². The molecule has 0 radical (unpaired) electrons. The minimum absolute atomic E-state index is 0.151. The molecule has 1 aromatic carbocycles. The Labute approximate surface area is 127 Å². The number of methoxy groups -OCH3 is 1. The third-order valence-corrected chi connectivity index (χ3v) is 3.87. The summed E-state index contributed by atoms with van der Waals surface area (Å²) >= 11 is 6.23. The van der Waals surface area contributed by atoms with Crippen LogP contribution < -0.4 is 10.1 Å². The second kappa shape index (κ2) is 6.88. The largest absolute Gasteiger partial charge is 0.496 e. The van der Waals surface area contributed by atoms with E-state index < -0.39 is 0 Å². The Hall–Kier alpha value is -1.37. The topological polar surface area (TPSA) is 47.6 Å². The molecule has 0 spiro atoms. The van der Waals surface area contributed by atoms with Gasteiger partial charge >= 0.3 is 0 Å². The molecule has 0 unspecified atom stereocenters. The molecule has 1 aliphatic rings. The van der Waals surface area contributed by atoms with Crippen molar-refractivity contribution in [3.05, 3.63) is 34.2 Å². The first-order chi connectivity index (χ1) is 9.63. The molecule has 20 heavy (non-hydrogen) atoms. The van der Waals surface area contributed by atoms with Gasteiger partial charge in [0.25, 0.3) is 5.91 Å². The third kappa shape index (κ3) is 3.59. The van der Waals surface area contributed by atoms with Gasteiger partial charge in [0.15, 0.2) is 0 Å². The summed E-state index contributed by atoms with van der Waals surface area (Å²) in [5.41, 5.74) is 1.87. The van der Waals surface area contributed by atoms with E-state index in [1.807, 2.05) is 31.2 Å². The lowest BCUT2D eigenvalue weighted by Crippen LogP contribution is -2.17. The fraction of sp³-hybridized carbons (Fsp3) is 0.286. The van der Waals surface area contributed by atoms with Gasteiger partial charge in [0, 0.05) is 12.2 Å². The number of hydrogen-bond acceptors (Lipinski definition) is 5. The molecule has 1 heterocycles. The van der Waals surface area contributed by atoms with Crippen LogP contribution in [0.5, 0.6) is 5.75 Å². The van der Waals surface area contributed by atoms with E-state index in [4.69, 9.17) is 21.7 Å². The maximum absolute atomic E-state index is 11.6. The molecule has 6 heteroatoms. The number of amides is 1. The number of nitrogens with one attached hydrogen (secondary N) is 1. The minimum Gasteiger partial charge on any atom is -0.496 e. The van der Waals surface area contributed by atoms with Crippen molar-refractivity contribution in [2.75, 3.05) is 13.7 Å². The van der Waals surface area contributed by atoms with Gasteiger partial charge in [-0.2, -0.15) is 0 Å². The van der Waals surface area contributed by atoms with E-state index in [0.29, 0.717) is 22.4 Å². The van der Waals surface area contributed by atoms with Crippen molar-refractivity contribution in [3.63, 3.8) is 0 Å². The Morgan fingerprint density at radius 1 is 1.45 bits per heavy atom. The molecular weight excluding hydrogens is 294 g/mol. The zero-order valence-electron chi connectivity index (χ0n) is 11.3. The van der Waals surface area contributed by atoms with Crippen molar-refractivity contribution in [3.8, 4) is 5.75 Å². The first-order valence-electron chi connectivity index (χ1n) is 6.13. The fourth-order valence-corrected chi connectivity index (χ4v) is 2.83. The normalized spacial score (nSPS) is 16.6. The number of rotatable bonds is 5. The predicted octanol–water partition coefficient (Wildman–Crippen LogP) is 2.72.